The molecule has 0 N–H and O–H groups in total. The SMILES string of the molecule is O=C(CC1=NC2(CCCC2)Cc2ccccc21)c1ccccc1. The molecule has 1 aliphatic carbocycles. The van der Waals surface area contributed by atoms with E-state index in [9.17, 15) is 4.79 Å². The van der Waals surface area contributed by atoms with Crippen molar-refractivity contribution in [2.45, 2.75) is 44.1 Å². The topological polar surface area (TPSA) is 29.4 Å². The first kappa shape index (κ1) is 14.4. The highest BCUT2D eigenvalue weighted by Gasteiger charge is 2.37. The molecule has 0 radical (unpaired) electrons. The molecule has 1 saturated carbocycles. The molecule has 1 fully saturated rings. The number of ketones is 1. The number of hydrogen-bond acceptors (Lipinski definition) is 2. The van der Waals surface area contributed by atoms with Gasteiger partial charge in [-0.15, -0.1) is 0 Å². The lowest BCUT2D eigenvalue weighted by molar-refractivity contribution is 0.100. The third-order valence-corrected chi connectivity index (χ3v) is 5.18. The van der Waals surface area contributed by atoms with E-state index in [1.807, 2.05) is 36.4 Å². The molecule has 1 aliphatic heterocycles. The predicted octanol–water partition coefficient (Wildman–Crippen LogP) is 4.62. The number of Topliss-reactive ketones (excluding diaryl/α,β-unsaturated/α-hetero) is 1. The second-order valence-corrected chi connectivity index (χ2v) is 6.79. The summed E-state index contributed by atoms with van der Waals surface area (Å²) in [4.78, 5) is 17.8. The van der Waals surface area contributed by atoms with Crippen molar-refractivity contribution in [2.24, 2.45) is 4.99 Å². The number of hydrogen-bond donors (Lipinski definition) is 0. The van der Waals surface area contributed by atoms with Crippen molar-refractivity contribution in [3.05, 3.63) is 71.3 Å². The summed E-state index contributed by atoms with van der Waals surface area (Å²) in [5.74, 6) is 0.161. The Hall–Kier alpha value is -2.22. The molecule has 2 nitrogen and oxygen atoms in total. The lowest BCUT2D eigenvalue weighted by Crippen LogP contribution is -2.33. The summed E-state index contributed by atoms with van der Waals surface area (Å²) in [7, 11) is 0. The van der Waals surface area contributed by atoms with Crippen LogP contribution in [0.3, 0.4) is 0 Å². The smallest absolute Gasteiger partial charge is 0.168 e. The standard InChI is InChI=1S/C21H21NO/c23-20(16-8-2-1-3-9-16)14-19-18-11-5-4-10-17(18)15-21(22-19)12-6-7-13-21/h1-5,8-11H,6-7,12-15H2. The van der Waals surface area contributed by atoms with Gasteiger partial charge in [0, 0.05) is 5.56 Å². The number of fused-ring (bicyclic) bond motifs is 1. The van der Waals surface area contributed by atoms with Gasteiger partial charge in [0.2, 0.25) is 0 Å². The molecule has 0 saturated heterocycles. The Balaban J connectivity index is 1.69. The van der Waals surface area contributed by atoms with Crippen LogP contribution in [0.2, 0.25) is 0 Å². The van der Waals surface area contributed by atoms with E-state index < -0.39 is 0 Å². The molecule has 2 aromatic rings. The number of rotatable bonds is 3. The van der Waals surface area contributed by atoms with Crippen molar-refractivity contribution in [1.29, 1.82) is 0 Å². The minimum atomic E-state index is 0.0562. The highest BCUT2D eigenvalue weighted by Crippen LogP contribution is 2.40. The summed E-state index contributed by atoms with van der Waals surface area (Å²) in [6, 6.07) is 18.0. The maximum absolute atomic E-state index is 12.6. The summed E-state index contributed by atoms with van der Waals surface area (Å²) in [6.45, 7) is 0. The zero-order valence-electron chi connectivity index (χ0n) is 13.3. The Morgan fingerprint density at radius 1 is 0.957 bits per heavy atom. The summed E-state index contributed by atoms with van der Waals surface area (Å²) in [5, 5.41) is 0. The van der Waals surface area contributed by atoms with E-state index in [1.165, 1.54) is 24.0 Å². The Bertz CT molecular complexity index is 754. The van der Waals surface area contributed by atoms with Gasteiger partial charge < -0.3 is 0 Å². The fraction of sp³-hybridized carbons (Fsp3) is 0.333. The summed E-state index contributed by atoms with van der Waals surface area (Å²) in [5.41, 5.74) is 4.36. The average Bonchev–Trinajstić information content (AvgIpc) is 3.03. The molecule has 2 aromatic carbocycles. The van der Waals surface area contributed by atoms with Crippen LogP contribution < -0.4 is 0 Å². The molecule has 23 heavy (non-hydrogen) atoms. The molecule has 0 atom stereocenters. The Labute approximate surface area is 137 Å². The van der Waals surface area contributed by atoms with Crippen molar-refractivity contribution in [3.63, 3.8) is 0 Å². The highest BCUT2D eigenvalue weighted by atomic mass is 16.1. The van der Waals surface area contributed by atoms with Crippen LogP contribution in [-0.2, 0) is 6.42 Å². The first-order valence-corrected chi connectivity index (χ1v) is 8.51. The van der Waals surface area contributed by atoms with Gasteiger partial charge in [-0.3, -0.25) is 9.79 Å². The van der Waals surface area contributed by atoms with Crippen LogP contribution in [0, 0.1) is 0 Å². The van der Waals surface area contributed by atoms with Crippen LogP contribution in [0.5, 0.6) is 0 Å². The molecule has 2 aliphatic rings. The lowest BCUT2D eigenvalue weighted by Gasteiger charge is -2.32. The molecule has 0 unspecified atom stereocenters. The van der Waals surface area contributed by atoms with E-state index in [2.05, 4.69) is 18.2 Å². The first-order valence-electron chi connectivity index (χ1n) is 8.51. The van der Waals surface area contributed by atoms with Crippen LogP contribution in [0.15, 0.2) is 59.6 Å². The van der Waals surface area contributed by atoms with Crippen LogP contribution in [0.25, 0.3) is 0 Å². The summed E-state index contributed by atoms with van der Waals surface area (Å²) in [6.07, 6.45) is 6.26. The van der Waals surface area contributed by atoms with E-state index in [0.717, 1.165) is 30.5 Å². The van der Waals surface area contributed by atoms with Gasteiger partial charge in [0.25, 0.3) is 0 Å². The molecule has 0 aromatic heterocycles. The molecular weight excluding hydrogens is 282 g/mol. The van der Waals surface area contributed by atoms with Crippen molar-refractivity contribution in [1.82, 2.24) is 0 Å². The van der Waals surface area contributed by atoms with E-state index in [-0.39, 0.29) is 11.3 Å². The third kappa shape index (κ3) is 2.74. The Morgan fingerprint density at radius 2 is 1.65 bits per heavy atom. The third-order valence-electron chi connectivity index (χ3n) is 5.18. The molecule has 116 valence electrons. The Morgan fingerprint density at radius 3 is 2.43 bits per heavy atom. The number of aliphatic imine (C=N–C) groups is 1. The molecule has 1 spiro atoms. The minimum Gasteiger partial charge on any atom is -0.294 e. The van der Waals surface area contributed by atoms with Crippen LogP contribution in [-0.4, -0.2) is 17.0 Å². The normalized spacial score (nSPS) is 18.5. The van der Waals surface area contributed by atoms with Crippen molar-refractivity contribution < 1.29 is 4.79 Å². The second-order valence-electron chi connectivity index (χ2n) is 6.79. The minimum absolute atomic E-state index is 0.0562. The monoisotopic (exact) mass is 303 g/mol. The lowest BCUT2D eigenvalue weighted by atomic mass is 9.82. The fourth-order valence-corrected chi connectivity index (χ4v) is 4.03. The van der Waals surface area contributed by atoms with Gasteiger partial charge in [-0.05, 0) is 30.4 Å². The van der Waals surface area contributed by atoms with Gasteiger partial charge in [-0.2, -0.15) is 0 Å². The molecule has 0 bridgehead atoms. The van der Waals surface area contributed by atoms with Gasteiger partial charge in [0.05, 0.1) is 17.7 Å². The van der Waals surface area contributed by atoms with Crippen LogP contribution in [0.4, 0.5) is 0 Å². The van der Waals surface area contributed by atoms with E-state index in [1.54, 1.807) is 0 Å². The maximum atomic E-state index is 12.6. The quantitative estimate of drug-likeness (QED) is 0.761. The molecular formula is C21H21NO. The molecule has 1 heterocycles. The molecule has 0 amide bonds. The molecule has 4 rings (SSSR count). The van der Waals surface area contributed by atoms with Gasteiger partial charge in [-0.1, -0.05) is 67.4 Å². The fourth-order valence-electron chi connectivity index (χ4n) is 4.03. The van der Waals surface area contributed by atoms with Crippen molar-refractivity contribution in [3.8, 4) is 0 Å². The number of nitrogens with zero attached hydrogens (tertiary/aromatic N) is 1. The average molecular weight is 303 g/mol. The zero-order valence-corrected chi connectivity index (χ0v) is 13.3. The van der Waals surface area contributed by atoms with Gasteiger partial charge in [0.1, 0.15) is 0 Å². The van der Waals surface area contributed by atoms with Gasteiger partial charge in [0.15, 0.2) is 5.78 Å². The predicted molar refractivity (Wildman–Crippen MR) is 93.3 cm³/mol. The van der Waals surface area contributed by atoms with Crippen molar-refractivity contribution >= 4 is 11.5 Å². The van der Waals surface area contributed by atoms with Crippen molar-refractivity contribution in [2.75, 3.05) is 0 Å². The first-order chi connectivity index (χ1) is 11.3. The Kier molecular flexibility index (Phi) is 3.60. The summed E-state index contributed by atoms with van der Waals surface area (Å²) >= 11 is 0. The van der Waals surface area contributed by atoms with E-state index >= 15 is 0 Å². The van der Waals surface area contributed by atoms with E-state index in [0.29, 0.717) is 6.42 Å². The van der Waals surface area contributed by atoms with Gasteiger partial charge >= 0.3 is 0 Å². The number of carbonyl (C=O) groups excluding carboxylic acids is 1. The maximum Gasteiger partial charge on any atom is 0.168 e. The highest BCUT2D eigenvalue weighted by molar-refractivity contribution is 6.16. The number of benzene rings is 2. The zero-order chi connectivity index (χ0) is 15.7. The molecule has 2 heteroatoms. The van der Waals surface area contributed by atoms with Crippen LogP contribution in [0.1, 0.15) is 53.6 Å². The van der Waals surface area contributed by atoms with Gasteiger partial charge in [-0.25, -0.2) is 0 Å². The van der Waals surface area contributed by atoms with Crippen LogP contribution >= 0.6 is 0 Å². The largest absolute Gasteiger partial charge is 0.294 e. The second kappa shape index (κ2) is 5.77. The van der Waals surface area contributed by atoms with E-state index in [4.69, 9.17) is 4.99 Å². The summed E-state index contributed by atoms with van der Waals surface area (Å²) < 4.78 is 0. The number of carbonyl (C=O) groups is 1.